The summed E-state index contributed by atoms with van der Waals surface area (Å²) in [4.78, 5) is 18.6. The number of aromatic nitrogens is 10. The maximum absolute atomic E-state index is 14.5. The first kappa shape index (κ1) is 18.6. The molecule has 12 nitrogen and oxygen atoms in total. The third kappa shape index (κ3) is 4.25. The Balaban J connectivity index is 1.40. The monoisotopic (exact) mass is 398 g/mol. The second kappa shape index (κ2) is 8.53. The molecule has 4 rings (SSSR count). The van der Waals surface area contributed by atoms with Crippen molar-refractivity contribution in [2.24, 2.45) is 0 Å². The van der Waals surface area contributed by atoms with E-state index >= 15 is 0 Å². The zero-order valence-electron chi connectivity index (χ0n) is 15.3. The molecule has 0 fully saturated rings. The number of nitrogens with zero attached hydrogens (tertiary/aromatic N) is 10. The molecule has 148 valence electrons. The van der Waals surface area contributed by atoms with Gasteiger partial charge < -0.3 is 9.47 Å². The fourth-order valence-electron chi connectivity index (χ4n) is 2.38. The fourth-order valence-corrected chi connectivity index (χ4v) is 2.38. The lowest BCUT2D eigenvalue weighted by Gasteiger charge is -2.06. The third-order valence-corrected chi connectivity index (χ3v) is 3.65. The minimum atomic E-state index is -0.654. The van der Waals surface area contributed by atoms with E-state index < -0.39 is 5.82 Å². The highest BCUT2D eigenvalue weighted by atomic mass is 19.1. The maximum Gasteiger partial charge on any atom is 0.213 e. The fraction of sp³-hybridized carbons (Fsp3) is 0.250. The van der Waals surface area contributed by atoms with Crippen LogP contribution in [-0.4, -0.2) is 57.0 Å². The molecule has 4 heterocycles. The molecule has 0 atom stereocenters. The number of methoxy groups -OCH3 is 1. The average molecular weight is 398 g/mol. The van der Waals surface area contributed by atoms with Crippen LogP contribution >= 0.6 is 0 Å². The van der Waals surface area contributed by atoms with Gasteiger partial charge in [0, 0.05) is 19.4 Å². The van der Waals surface area contributed by atoms with Gasteiger partial charge in [-0.25, -0.2) is 24.3 Å². The summed E-state index contributed by atoms with van der Waals surface area (Å²) in [5.74, 6) is 0.308. The van der Waals surface area contributed by atoms with Gasteiger partial charge in [0.15, 0.2) is 17.5 Å². The molecule has 0 bridgehead atoms. The Morgan fingerprint density at radius 1 is 0.966 bits per heavy atom. The van der Waals surface area contributed by atoms with E-state index in [1.807, 2.05) is 0 Å². The molecule has 0 aromatic carbocycles. The molecular weight excluding hydrogens is 383 g/mol. The van der Waals surface area contributed by atoms with Crippen LogP contribution in [0.4, 0.5) is 4.39 Å². The van der Waals surface area contributed by atoms with Crippen LogP contribution in [0.15, 0.2) is 37.2 Å². The van der Waals surface area contributed by atoms with Gasteiger partial charge in [0.1, 0.15) is 24.3 Å². The predicted molar refractivity (Wildman–Crippen MR) is 93.1 cm³/mol. The van der Waals surface area contributed by atoms with Crippen LogP contribution in [0, 0.1) is 5.82 Å². The zero-order chi connectivity index (χ0) is 20.1. The Kier molecular flexibility index (Phi) is 5.49. The van der Waals surface area contributed by atoms with Gasteiger partial charge in [0.05, 0.1) is 31.8 Å². The molecule has 0 spiro atoms. The molecule has 13 heteroatoms. The molecule has 0 aliphatic rings. The van der Waals surface area contributed by atoms with Crippen molar-refractivity contribution in [2.45, 2.75) is 19.8 Å². The maximum atomic E-state index is 14.5. The zero-order valence-corrected chi connectivity index (χ0v) is 15.3. The first-order valence-electron chi connectivity index (χ1n) is 8.41. The van der Waals surface area contributed by atoms with Crippen LogP contribution in [0.3, 0.4) is 0 Å². The van der Waals surface area contributed by atoms with E-state index in [1.165, 1.54) is 29.7 Å². The van der Waals surface area contributed by atoms with Crippen molar-refractivity contribution in [1.29, 1.82) is 0 Å². The van der Waals surface area contributed by atoms with Crippen LogP contribution < -0.4 is 0 Å². The summed E-state index contributed by atoms with van der Waals surface area (Å²) in [6, 6.07) is 1.67. The summed E-state index contributed by atoms with van der Waals surface area (Å²) < 4.78 is 25.1. The highest BCUT2D eigenvalue weighted by molar-refractivity contribution is 5.23. The minimum absolute atomic E-state index is 0.0508. The first-order chi connectivity index (χ1) is 14.2. The smallest absolute Gasteiger partial charge is 0.213 e. The van der Waals surface area contributed by atoms with Crippen molar-refractivity contribution in [2.75, 3.05) is 7.11 Å². The van der Waals surface area contributed by atoms with Gasteiger partial charge >= 0.3 is 0 Å². The summed E-state index contributed by atoms with van der Waals surface area (Å²) in [6.45, 7) is 0.307. The molecule has 0 unspecified atom stereocenters. The van der Waals surface area contributed by atoms with Crippen LogP contribution in [-0.2, 0) is 29.3 Å². The first-order valence-corrected chi connectivity index (χ1v) is 8.41. The van der Waals surface area contributed by atoms with Crippen LogP contribution in [0.2, 0.25) is 0 Å². The minimum Gasteiger partial charge on any atom is -0.377 e. The number of rotatable bonds is 8. The lowest BCUT2D eigenvalue weighted by Crippen LogP contribution is -2.10. The van der Waals surface area contributed by atoms with Crippen molar-refractivity contribution in [3.8, 4) is 11.6 Å². The SMILES string of the molecule is COCc1nccc(-n2ncc(COCc3ncnc(-n4nccn4)c3F)n2)n1. The highest BCUT2D eigenvalue weighted by Crippen LogP contribution is 2.12. The molecule has 29 heavy (non-hydrogen) atoms. The lowest BCUT2D eigenvalue weighted by atomic mass is 10.4. The lowest BCUT2D eigenvalue weighted by molar-refractivity contribution is 0.0989. The summed E-state index contributed by atoms with van der Waals surface area (Å²) in [5, 5.41) is 16.2. The Hall–Kier alpha value is -3.71. The van der Waals surface area contributed by atoms with Crippen molar-refractivity contribution >= 4 is 0 Å². The van der Waals surface area contributed by atoms with E-state index in [-0.39, 0.29) is 31.3 Å². The molecule has 0 N–H and O–H groups in total. The molecule has 4 aromatic rings. The number of ether oxygens (including phenoxy) is 2. The van der Waals surface area contributed by atoms with E-state index in [9.17, 15) is 4.39 Å². The number of hydrogen-bond donors (Lipinski definition) is 0. The number of halogens is 1. The van der Waals surface area contributed by atoms with Gasteiger partial charge in [-0.15, -0.1) is 14.7 Å². The topological polar surface area (TPSA) is 131 Å². The van der Waals surface area contributed by atoms with Crippen molar-refractivity contribution in [3.63, 3.8) is 0 Å². The molecule has 0 saturated carbocycles. The van der Waals surface area contributed by atoms with Crippen molar-refractivity contribution < 1.29 is 13.9 Å². The van der Waals surface area contributed by atoms with Crippen LogP contribution in [0.1, 0.15) is 17.2 Å². The van der Waals surface area contributed by atoms with E-state index in [0.29, 0.717) is 17.3 Å². The van der Waals surface area contributed by atoms with E-state index in [4.69, 9.17) is 9.47 Å². The van der Waals surface area contributed by atoms with Crippen LogP contribution in [0.5, 0.6) is 0 Å². The summed E-state index contributed by atoms with van der Waals surface area (Å²) in [6.07, 6.45) is 7.21. The Bertz CT molecular complexity index is 1090. The molecule has 0 aliphatic carbocycles. The highest BCUT2D eigenvalue weighted by Gasteiger charge is 2.14. The summed E-state index contributed by atoms with van der Waals surface area (Å²) >= 11 is 0. The van der Waals surface area contributed by atoms with Crippen LogP contribution in [0.25, 0.3) is 11.6 Å². The van der Waals surface area contributed by atoms with E-state index in [2.05, 4.69) is 40.3 Å². The number of hydrogen-bond acceptors (Lipinski definition) is 10. The molecule has 0 aliphatic heterocycles. The molecule has 0 amide bonds. The summed E-state index contributed by atoms with van der Waals surface area (Å²) in [5.41, 5.74) is 0.625. The largest absolute Gasteiger partial charge is 0.377 e. The average Bonchev–Trinajstić information content (AvgIpc) is 3.42. The van der Waals surface area contributed by atoms with Crippen molar-refractivity contribution in [3.05, 3.63) is 60.2 Å². The van der Waals surface area contributed by atoms with Gasteiger partial charge in [-0.05, 0) is 0 Å². The van der Waals surface area contributed by atoms with Crippen molar-refractivity contribution in [1.82, 2.24) is 49.9 Å². The van der Waals surface area contributed by atoms with E-state index in [0.717, 1.165) is 4.80 Å². The normalized spacial score (nSPS) is 11.1. The molecule has 0 radical (unpaired) electrons. The Morgan fingerprint density at radius 3 is 2.66 bits per heavy atom. The third-order valence-electron chi connectivity index (χ3n) is 3.65. The second-order valence-electron chi connectivity index (χ2n) is 5.66. The molecule has 0 saturated heterocycles. The molecule has 4 aromatic heterocycles. The quantitative estimate of drug-likeness (QED) is 0.411. The van der Waals surface area contributed by atoms with Gasteiger partial charge in [0.2, 0.25) is 5.82 Å². The summed E-state index contributed by atoms with van der Waals surface area (Å²) in [7, 11) is 1.56. The molecular formula is C16H15FN10O2. The Labute approximate surface area is 163 Å². The van der Waals surface area contributed by atoms with E-state index in [1.54, 1.807) is 19.4 Å². The second-order valence-corrected chi connectivity index (χ2v) is 5.66. The standard InChI is InChI=1S/C16H15FN10O2/c1-28-9-13-18-3-2-14(24-13)26-23-6-11(25-26)7-29-8-12-15(17)16(20-10-19-12)27-21-4-5-22-27/h2-6,10H,7-9H2,1H3. The van der Waals surface area contributed by atoms with Gasteiger partial charge in [-0.1, -0.05) is 0 Å². The van der Waals surface area contributed by atoms with Gasteiger partial charge in [-0.2, -0.15) is 15.3 Å². The Morgan fingerprint density at radius 2 is 1.83 bits per heavy atom. The van der Waals surface area contributed by atoms with Gasteiger partial charge in [-0.3, -0.25) is 0 Å². The predicted octanol–water partition coefficient (Wildman–Crippen LogP) is 0.430. The van der Waals surface area contributed by atoms with Gasteiger partial charge in [0.25, 0.3) is 0 Å².